The van der Waals surface area contributed by atoms with Gasteiger partial charge in [0, 0.05) is 19.6 Å². The third-order valence-electron chi connectivity index (χ3n) is 7.50. The molecule has 0 aliphatic carbocycles. The molecule has 1 unspecified atom stereocenters. The average molecular weight is 609 g/mol. The maximum atomic E-state index is 12.6. The minimum atomic E-state index is -0.785. The van der Waals surface area contributed by atoms with Crippen LogP contribution in [0.25, 0.3) is 0 Å². The molecule has 0 radical (unpaired) electrons. The molecule has 0 spiro atoms. The van der Waals surface area contributed by atoms with E-state index in [2.05, 4.69) is 21.3 Å². The zero-order valence-electron chi connectivity index (χ0n) is 27.0. The topological polar surface area (TPSA) is 113 Å². The molecule has 0 saturated carbocycles. The molecule has 10 nitrogen and oxygen atoms in total. The third kappa shape index (κ3) is 10.5. The molecule has 2 aromatic rings. The van der Waals surface area contributed by atoms with Crippen LogP contribution in [-0.2, 0) is 22.4 Å². The Morgan fingerprint density at radius 1 is 0.955 bits per heavy atom. The second kappa shape index (κ2) is 14.4. The number of hydrogen-bond acceptors (Lipinski definition) is 7. The van der Waals surface area contributed by atoms with E-state index in [1.165, 1.54) is 5.56 Å². The summed E-state index contributed by atoms with van der Waals surface area (Å²) in [4.78, 5) is 33.5. The van der Waals surface area contributed by atoms with Crippen LogP contribution in [0, 0.1) is 5.92 Å². The minimum absolute atomic E-state index is 0.0922. The number of carbonyl (C=O) groups is 2. The molecule has 10 heteroatoms. The summed E-state index contributed by atoms with van der Waals surface area (Å²) in [5.74, 6) is 1.33. The molecule has 2 aliphatic rings. The summed E-state index contributed by atoms with van der Waals surface area (Å²) in [6.45, 7) is 14.7. The number of guanidine groups is 1. The van der Waals surface area contributed by atoms with Gasteiger partial charge in [0.2, 0.25) is 5.96 Å². The Hall–Kier alpha value is -3.63. The molecule has 240 valence electrons. The number of nitrogens with zero attached hydrogens (tertiary/aromatic N) is 3. The summed E-state index contributed by atoms with van der Waals surface area (Å²) in [5.41, 5.74) is 1.75. The molecule has 1 fully saturated rings. The number of nitrogens with one attached hydrogen (secondary N) is 1. The van der Waals surface area contributed by atoms with Crippen molar-refractivity contribution in [3.05, 3.63) is 65.2 Å². The van der Waals surface area contributed by atoms with E-state index in [4.69, 9.17) is 14.2 Å². The summed E-state index contributed by atoms with van der Waals surface area (Å²) in [6.07, 6.45) is 0.789. The van der Waals surface area contributed by atoms with Gasteiger partial charge in [-0.3, -0.25) is 5.32 Å². The lowest BCUT2D eigenvalue weighted by atomic mass is 9.97. The number of aliphatic hydroxyl groups excluding tert-OH is 1. The molecule has 0 aromatic heterocycles. The summed E-state index contributed by atoms with van der Waals surface area (Å²) >= 11 is 0. The number of likely N-dealkylation sites (tertiary alicyclic amines) is 1. The van der Waals surface area contributed by atoms with Crippen molar-refractivity contribution in [3.63, 3.8) is 0 Å². The molecule has 44 heavy (non-hydrogen) atoms. The van der Waals surface area contributed by atoms with E-state index >= 15 is 0 Å². The Balaban J connectivity index is 1.34. The summed E-state index contributed by atoms with van der Waals surface area (Å²) in [7, 11) is 0. The molecule has 2 amide bonds. The van der Waals surface area contributed by atoms with Crippen molar-refractivity contribution in [2.45, 2.75) is 84.7 Å². The van der Waals surface area contributed by atoms with Crippen LogP contribution >= 0.6 is 0 Å². The van der Waals surface area contributed by atoms with Crippen LogP contribution in [0.1, 0.15) is 77.2 Å². The fourth-order valence-electron chi connectivity index (χ4n) is 5.32. The molecule has 2 aromatic carbocycles. The summed E-state index contributed by atoms with van der Waals surface area (Å²) < 4.78 is 17.1. The van der Waals surface area contributed by atoms with E-state index in [0.29, 0.717) is 38.6 Å². The molecule has 2 aliphatic heterocycles. The Kier molecular flexibility index (Phi) is 10.9. The Bertz CT molecular complexity index is 1290. The van der Waals surface area contributed by atoms with Gasteiger partial charge >= 0.3 is 12.2 Å². The van der Waals surface area contributed by atoms with E-state index in [1.807, 2.05) is 47.4 Å². The highest BCUT2D eigenvalue weighted by Crippen LogP contribution is 2.26. The third-order valence-corrected chi connectivity index (χ3v) is 7.50. The van der Waals surface area contributed by atoms with Gasteiger partial charge in [0.05, 0.1) is 12.7 Å². The van der Waals surface area contributed by atoms with Crippen molar-refractivity contribution in [1.29, 1.82) is 0 Å². The first-order valence-electron chi connectivity index (χ1n) is 15.5. The van der Waals surface area contributed by atoms with Crippen molar-refractivity contribution in [2.24, 2.45) is 10.9 Å². The van der Waals surface area contributed by atoms with Crippen LogP contribution in [0.4, 0.5) is 9.59 Å². The number of aliphatic imine (C=N–C) groups is 1. The van der Waals surface area contributed by atoms with E-state index in [1.54, 1.807) is 41.5 Å². The quantitative estimate of drug-likeness (QED) is 0.318. The SMILES string of the molecule is CC(C)(C)OC(=O)/N=C(\NC(=O)OC(C)(C)C)N1CCc2ccc(OCC3CCN(CC(O)c4ccccc4)CC3)cc2C1. The highest BCUT2D eigenvalue weighted by atomic mass is 16.6. The van der Waals surface area contributed by atoms with Crippen LogP contribution in [0.3, 0.4) is 0 Å². The lowest BCUT2D eigenvalue weighted by Crippen LogP contribution is -2.48. The van der Waals surface area contributed by atoms with E-state index in [0.717, 1.165) is 42.8 Å². The smallest absolute Gasteiger partial charge is 0.437 e. The molecule has 2 N–H and O–H groups in total. The predicted molar refractivity (Wildman–Crippen MR) is 170 cm³/mol. The van der Waals surface area contributed by atoms with Gasteiger partial charge in [-0.2, -0.15) is 0 Å². The number of ether oxygens (including phenoxy) is 3. The summed E-state index contributed by atoms with van der Waals surface area (Å²) in [5, 5.41) is 13.2. The number of piperidine rings is 1. The number of fused-ring (bicyclic) bond motifs is 1. The molecular weight excluding hydrogens is 560 g/mol. The van der Waals surface area contributed by atoms with Crippen molar-refractivity contribution < 1.29 is 28.9 Å². The number of β-amino-alcohol motifs (C(OH)–C–C–N with tert-alkyl or cyclic N) is 1. The van der Waals surface area contributed by atoms with E-state index in [-0.39, 0.29) is 5.96 Å². The summed E-state index contributed by atoms with van der Waals surface area (Å²) in [6, 6.07) is 15.9. The van der Waals surface area contributed by atoms with E-state index < -0.39 is 29.5 Å². The number of benzene rings is 2. The maximum absolute atomic E-state index is 12.6. The van der Waals surface area contributed by atoms with Gasteiger partial charge in [-0.05, 0) is 109 Å². The highest BCUT2D eigenvalue weighted by molar-refractivity contribution is 5.99. The number of hydrogen-bond donors (Lipinski definition) is 2. The van der Waals surface area contributed by atoms with Gasteiger partial charge in [0.1, 0.15) is 17.0 Å². The largest absolute Gasteiger partial charge is 0.493 e. The van der Waals surface area contributed by atoms with Crippen molar-refractivity contribution in [2.75, 3.05) is 32.8 Å². The maximum Gasteiger partial charge on any atom is 0.437 e. The number of rotatable bonds is 6. The highest BCUT2D eigenvalue weighted by Gasteiger charge is 2.27. The number of alkyl carbamates (subject to hydrolysis) is 1. The first-order chi connectivity index (χ1) is 20.7. The van der Waals surface area contributed by atoms with Crippen molar-refractivity contribution in [3.8, 4) is 5.75 Å². The Labute approximate surface area is 261 Å². The van der Waals surface area contributed by atoms with Gasteiger partial charge in [-0.25, -0.2) is 9.59 Å². The van der Waals surface area contributed by atoms with Gasteiger partial charge in [-0.15, -0.1) is 4.99 Å². The van der Waals surface area contributed by atoms with Crippen LogP contribution in [0.15, 0.2) is 53.5 Å². The van der Waals surface area contributed by atoms with Crippen LogP contribution in [-0.4, -0.2) is 77.0 Å². The zero-order chi connectivity index (χ0) is 31.9. The standard InChI is InChI=1S/C34H48N4O6/c1-33(2,3)43-31(40)35-30(36-32(41)44-34(4,5)6)38-19-16-25-12-13-28(20-27(25)21-38)42-23-24-14-17-37(18-15-24)22-29(39)26-10-8-7-9-11-26/h7-13,20,24,29,39H,14-19,21-23H2,1-6H3,(H,35,36,40,41). The zero-order valence-corrected chi connectivity index (χ0v) is 27.0. The normalized spacial score (nSPS) is 17.4. The fraction of sp³-hybridized carbons (Fsp3) is 0.559. The molecule has 4 rings (SSSR count). The van der Waals surface area contributed by atoms with Crippen LogP contribution < -0.4 is 10.1 Å². The number of carbonyl (C=O) groups excluding carboxylic acids is 2. The fourth-order valence-corrected chi connectivity index (χ4v) is 5.32. The van der Waals surface area contributed by atoms with Crippen molar-refractivity contribution >= 4 is 18.1 Å². The Morgan fingerprint density at radius 2 is 1.64 bits per heavy atom. The molecular formula is C34H48N4O6. The number of aliphatic hydroxyl groups is 1. The number of amides is 2. The van der Waals surface area contributed by atoms with Gasteiger partial charge in [0.25, 0.3) is 0 Å². The van der Waals surface area contributed by atoms with E-state index in [9.17, 15) is 14.7 Å². The van der Waals surface area contributed by atoms with Gasteiger partial charge in [-0.1, -0.05) is 36.4 Å². The second-order valence-corrected chi connectivity index (χ2v) is 13.6. The monoisotopic (exact) mass is 608 g/mol. The Morgan fingerprint density at radius 3 is 2.30 bits per heavy atom. The molecule has 1 saturated heterocycles. The lowest BCUT2D eigenvalue weighted by Gasteiger charge is -2.33. The average Bonchev–Trinajstić information content (AvgIpc) is 2.94. The van der Waals surface area contributed by atoms with Crippen molar-refractivity contribution in [1.82, 2.24) is 15.1 Å². The molecule has 0 bridgehead atoms. The van der Waals surface area contributed by atoms with Gasteiger partial charge < -0.3 is 29.1 Å². The minimum Gasteiger partial charge on any atom is -0.493 e. The molecule has 2 heterocycles. The lowest BCUT2D eigenvalue weighted by molar-refractivity contribution is 0.0553. The first-order valence-corrected chi connectivity index (χ1v) is 15.5. The second-order valence-electron chi connectivity index (χ2n) is 13.6. The van der Waals surface area contributed by atoms with Gasteiger partial charge in [0.15, 0.2) is 0 Å². The van der Waals surface area contributed by atoms with Crippen LogP contribution in [0.2, 0.25) is 0 Å². The van der Waals surface area contributed by atoms with Crippen LogP contribution in [0.5, 0.6) is 5.75 Å². The predicted octanol–water partition coefficient (Wildman–Crippen LogP) is 5.68. The first kappa shape index (κ1) is 33.3. The molecule has 1 atom stereocenters.